The molecular weight excluding hydrogens is 200 g/mol. The van der Waals surface area contributed by atoms with E-state index in [0.29, 0.717) is 16.9 Å². The van der Waals surface area contributed by atoms with E-state index < -0.39 is 0 Å². The van der Waals surface area contributed by atoms with Crippen LogP contribution in [0.25, 0.3) is 0 Å². The number of hydrogen-bond donors (Lipinski definition) is 0. The van der Waals surface area contributed by atoms with E-state index in [1.54, 1.807) is 6.92 Å². The molecule has 2 aliphatic rings. The third kappa shape index (κ3) is 1.35. The molecule has 2 unspecified atom stereocenters. The Morgan fingerprint density at radius 1 is 1.38 bits per heavy atom. The fraction of sp³-hybridized carbons (Fsp3) is 0.786. The summed E-state index contributed by atoms with van der Waals surface area (Å²) in [5.41, 5.74) is 0.958. The largest absolute Gasteiger partial charge is 0.458 e. The minimum atomic E-state index is -0.227. The van der Waals surface area contributed by atoms with Gasteiger partial charge in [0, 0.05) is 11.0 Å². The molecule has 0 amide bonds. The van der Waals surface area contributed by atoms with Crippen LogP contribution in [0.5, 0.6) is 0 Å². The van der Waals surface area contributed by atoms with Gasteiger partial charge in [0.05, 0.1) is 0 Å². The number of hydrogen-bond acceptors (Lipinski definition) is 2. The molecule has 0 spiro atoms. The van der Waals surface area contributed by atoms with E-state index in [1.807, 2.05) is 0 Å². The second-order valence-corrected chi connectivity index (χ2v) is 6.28. The van der Waals surface area contributed by atoms with E-state index >= 15 is 0 Å². The van der Waals surface area contributed by atoms with Gasteiger partial charge in [0.1, 0.15) is 6.10 Å². The average molecular weight is 222 g/mol. The molecule has 0 aromatic rings. The van der Waals surface area contributed by atoms with Crippen LogP contribution in [-0.2, 0) is 9.53 Å². The summed E-state index contributed by atoms with van der Waals surface area (Å²) in [6.45, 7) is 12.3. The maximum absolute atomic E-state index is 11.6. The van der Waals surface area contributed by atoms with Gasteiger partial charge in [-0.15, -0.1) is 0 Å². The molecule has 2 aliphatic carbocycles. The van der Waals surface area contributed by atoms with E-state index in [-0.39, 0.29) is 17.5 Å². The van der Waals surface area contributed by atoms with Crippen LogP contribution in [0.4, 0.5) is 0 Å². The molecule has 90 valence electrons. The summed E-state index contributed by atoms with van der Waals surface area (Å²) in [4.78, 5) is 11.6. The first-order chi connectivity index (χ1) is 7.29. The summed E-state index contributed by atoms with van der Waals surface area (Å²) in [5, 5.41) is 0. The molecule has 2 saturated carbocycles. The van der Waals surface area contributed by atoms with Gasteiger partial charge >= 0.3 is 5.97 Å². The van der Waals surface area contributed by atoms with Gasteiger partial charge in [-0.05, 0) is 37.5 Å². The highest BCUT2D eigenvalue weighted by molar-refractivity contribution is 5.87. The summed E-state index contributed by atoms with van der Waals surface area (Å²) in [7, 11) is 0. The van der Waals surface area contributed by atoms with E-state index in [2.05, 4.69) is 27.4 Å². The van der Waals surface area contributed by atoms with Crippen LogP contribution in [0.3, 0.4) is 0 Å². The smallest absolute Gasteiger partial charge is 0.333 e. The Balaban J connectivity index is 2.16. The predicted molar refractivity (Wildman–Crippen MR) is 63.9 cm³/mol. The Hall–Kier alpha value is -0.790. The highest BCUT2D eigenvalue weighted by atomic mass is 16.5. The lowest BCUT2D eigenvalue weighted by Gasteiger charge is -2.38. The van der Waals surface area contributed by atoms with Gasteiger partial charge in [0.15, 0.2) is 0 Å². The van der Waals surface area contributed by atoms with E-state index in [4.69, 9.17) is 4.74 Å². The highest BCUT2D eigenvalue weighted by Gasteiger charge is 2.62. The molecule has 0 heterocycles. The lowest BCUT2D eigenvalue weighted by molar-refractivity contribution is -0.151. The normalized spacial score (nSPS) is 39.8. The molecule has 2 nitrogen and oxygen atoms in total. The fourth-order valence-electron chi connectivity index (χ4n) is 3.54. The summed E-state index contributed by atoms with van der Waals surface area (Å²) < 4.78 is 5.61. The maximum Gasteiger partial charge on any atom is 0.333 e. The first-order valence-electron chi connectivity index (χ1n) is 6.15. The zero-order valence-electron chi connectivity index (χ0n) is 10.8. The zero-order valence-corrected chi connectivity index (χ0v) is 10.8. The SMILES string of the molecule is C=C(C)C(=O)OC1CC2CC[C@@]1(C)C2(C)C. The third-order valence-electron chi connectivity index (χ3n) is 5.31. The Morgan fingerprint density at radius 2 is 2.00 bits per heavy atom. The number of carbonyl (C=O) groups is 1. The average Bonchev–Trinajstić information content (AvgIpc) is 2.50. The Bertz CT molecular complexity index is 343. The van der Waals surface area contributed by atoms with Crippen LogP contribution < -0.4 is 0 Å². The molecular formula is C14H22O2. The second-order valence-electron chi connectivity index (χ2n) is 6.28. The van der Waals surface area contributed by atoms with Crippen molar-refractivity contribution in [1.82, 2.24) is 0 Å². The van der Waals surface area contributed by atoms with Crippen molar-refractivity contribution in [1.29, 1.82) is 0 Å². The summed E-state index contributed by atoms with van der Waals surface area (Å²) in [6.07, 6.45) is 3.58. The van der Waals surface area contributed by atoms with Crippen LogP contribution in [0.2, 0.25) is 0 Å². The van der Waals surface area contributed by atoms with Crippen LogP contribution >= 0.6 is 0 Å². The van der Waals surface area contributed by atoms with Gasteiger partial charge in [-0.1, -0.05) is 27.4 Å². The molecule has 2 fully saturated rings. The third-order valence-corrected chi connectivity index (χ3v) is 5.31. The first kappa shape index (κ1) is 11.7. The van der Waals surface area contributed by atoms with Crippen molar-refractivity contribution in [3.05, 3.63) is 12.2 Å². The molecule has 0 aromatic carbocycles. The number of fused-ring (bicyclic) bond motifs is 2. The molecule has 0 saturated heterocycles. The second kappa shape index (κ2) is 3.35. The van der Waals surface area contributed by atoms with Gasteiger partial charge in [-0.3, -0.25) is 0 Å². The first-order valence-corrected chi connectivity index (χ1v) is 6.15. The molecule has 3 atom stereocenters. The van der Waals surface area contributed by atoms with Crippen molar-refractivity contribution in [2.24, 2.45) is 16.7 Å². The van der Waals surface area contributed by atoms with Crippen molar-refractivity contribution >= 4 is 5.97 Å². The van der Waals surface area contributed by atoms with Crippen molar-refractivity contribution in [3.8, 4) is 0 Å². The van der Waals surface area contributed by atoms with Crippen molar-refractivity contribution in [3.63, 3.8) is 0 Å². The zero-order chi connectivity index (χ0) is 12.1. The minimum Gasteiger partial charge on any atom is -0.458 e. The van der Waals surface area contributed by atoms with E-state index in [1.165, 1.54) is 12.8 Å². The van der Waals surface area contributed by atoms with Crippen LogP contribution in [0.15, 0.2) is 12.2 Å². The molecule has 0 radical (unpaired) electrons. The number of rotatable bonds is 2. The van der Waals surface area contributed by atoms with Crippen LogP contribution in [0.1, 0.15) is 47.0 Å². The highest BCUT2D eigenvalue weighted by Crippen LogP contribution is 2.66. The molecule has 2 heteroatoms. The van der Waals surface area contributed by atoms with Crippen molar-refractivity contribution < 1.29 is 9.53 Å². The number of ether oxygens (including phenoxy) is 1. The van der Waals surface area contributed by atoms with Crippen LogP contribution in [-0.4, -0.2) is 12.1 Å². The number of esters is 1. The monoisotopic (exact) mass is 222 g/mol. The molecule has 2 rings (SSSR count). The van der Waals surface area contributed by atoms with Gasteiger partial charge in [0.2, 0.25) is 0 Å². The Labute approximate surface area is 98.1 Å². The van der Waals surface area contributed by atoms with Gasteiger partial charge in [-0.2, -0.15) is 0 Å². The predicted octanol–water partition coefficient (Wildman–Crippen LogP) is 3.32. The quantitative estimate of drug-likeness (QED) is 0.529. The summed E-state index contributed by atoms with van der Waals surface area (Å²) >= 11 is 0. The van der Waals surface area contributed by atoms with E-state index in [9.17, 15) is 4.79 Å². The minimum absolute atomic E-state index is 0.0884. The number of carbonyl (C=O) groups excluding carboxylic acids is 1. The molecule has 0 aromatic heterocycles. The summed E-state index contributed by atoms with van der Waals surface area (Å²) in [5.74, 6) is 0.481. The summed E-state index contributed by atoms with van der Waals surface area (Å²) in [6, 6.07) is 0. The topological polar surface area (TPSA) is 26.3 Å². The maximum atomic E-state index is 11.6. The Morgan fingerprint density at radius 3 is 2.38 bits per heavy atom. The molecule has 0 aliphatic heterocycles. The lowest BCUT2D eigenvalue weighted by Crippen LogP contribution is -2.38. The molecule has 16 heavy (non-hydrogen) atoms. The standard InChI is InChI=1S/C14H22O2/c1-9(2)12(15)16-11-8-10-6-7-14(11,5)13(10,3)4/h10-11H,1,6-8H2,2-5H3/t10?,11?,14-/m1/s1. The lowest BCUT2D eigenvalue weighted by atomic mass is 9.70. The van der Waals surface area contributed by atoms with Crippen LogP contribution in [0, 0.1) is 16.7 Å². The van der Waals surface area contributed by atoms with E-state index in [0.717, 1.165) is 6.42 Å². The molecule has 0 N–H and O–H groups in total. The van der Waals surface area contributed by atoms with Gasteiger partial charge in [-0.25, -0.2) is 4.79 Å². The van der Waals surface area contributed by atoms with Gasteiger partial charge in [0.25, 0.3) is 0 Å². The van der Waals surface area contributed by atoms with Crippen molar-refractivity contribution in [2.45, 2.75) is 53.1 Å². The van der Waals surface area contributed by atoms with Crippen molar-refractivity contribution in [2.75, 3.05) is 0 Å². The Kier molecular flexibility index (Phi) is 2.45. The molecule has 2 bridgehead atoms. The van der Waals surface area contributed by atoms with Gasteiger partial charge < -0.3 is 4.74 Å². The fourth-order valence-corrected chi connectivity index (χ4v) is 3.54.